The largest absolute Gasteiger partial charge is 0.508 e. The highest BCUT2D eigenvalue weighted by atomic mass is 33.1. The summed E-state index contributed by atoms with van der Waals surface area (Å²) in [6.45, 7) is 11.7. The Kier molecular flexibility index (Phi) is 23.2. The number of primary amides is 2. The van der Waals surface area contributed by atoms with Crippen molar-refractivity contribution >= 4 is 80.7 Å². The zero-order valence-electron chi connectivity index (χ0n) is 41.0. The van der Waals surface area contributed by atoms with Gasteiger partial charge in [0.25, 0.3) is 0 Å². The summed E-state index contributed by atoms with van der Waals surface area (Å²) >= 11 is 0. The van der Waals surface area contributed by atoms with Crippen molar-refractivity contribution in [1.29, 1.82) is 0 Å². The number of nitrogens with zero attached hydrogens (tertiary/aromatic N) is 1. The number of carbonyl (C=O) groups excluding carboxylic acids is 10. The van der Waals surface area contributed by atoms with Crippen molar-refractivity contribution in [3.63, 3.8) is 0 Å². The second-order valence-electron chi connectivity index (χ2n) is 18.4. The molecule has 70 heavy (non-hydrogen) atoms. The van der Waals surface area contributed by atoms with Crippen LogP contribution in [0.25, 0.3) is 0 Å². The molecule has 2 saturated heterocycles. The molecule has 1 aromatic rings. The molecule has 13 N–H and O–H groups in total. The van der Waals surface area contributed by atoms with Gasteiger partial charge in [-0.15, -0.1) is 0 Å². The number of hydrogen-bond acceptors (Lipinski definition) is 14. The molecule has 0 saturated carbocycles. The van der Waals surface area contributed by atoms with Crippen molar-refractivity contribution < 1.29 is 58.2 Å². The first-order valence-corrected chi connectivity index (χ1v) is 26.0. The lowest BCUT2D eigenvalue weighted by Gasteiger charge is -2.33. The molecule has 9 atom stereocenters. The highest BCUT2D eigenvalue weighted by Crippen LogP contribution is 2.44. The quantitative estimate of drug-likeness (QED) is 0.0846. The maximum Gasteiger partial charge on any atom is 0.246 e. The van der Waals surface area contributed by atoms with E-state index in [1.54, 1.807) is 26.0 Å². The highest BCUT2D eigenvalue weighted by molar-refractivity contribution is 8.77. The van der Waals surface area contributed by atoms with Crippen LogP contribution in [0.4, 0.5) is 0 Å². The summed E-state index contributed by atoms with van der Waals surface area (Å²) in [5.41, 5.74) is 11.3. The summed E-state index contributed by atoms with van der Waals surface area (Å²) in [6, 6.07) is -3.61. The zero-order chi connectivity index (χ0) is 52.5. The molecule has 0 radical (unpaired) electrons. The Bertz CT molecular complexity index is 2040. The third-order valence-corrected chi connectivity index (χ3v) is 15.9. The molecule has 10 amide bonds. The van der Waals surface area contributed by atoms with Gasteiger partial charge in [0.15, 0.2) is 0 Å². The predicted molar refractivity (Wildman–Crippen MR) is 263 cm³/mol. The molecule has 0 bridgehead atoms. The minimum Gasteiger partial charge on any atom is -0.508 e. The van der Waals surface area contributed by atoms with Crippen LogP contribution >= 0.6 is 21.6 Å². The average Bonchev–Trinajstić information content (AvgIpc) is 3.80. The number of phenols is 1. The standard InChI is InChI=1S/C46H72N10O12S2/c1-8-25(6)37-43(66)55-38(26(7)57)44(67)52-31(20-34(47)59)40(63)53-32(45(68)56-17-11-12-33(56)42(65)51-29(18-24(4)5)39(62)49-22-35(48)60)23-69-70-46(9-2,10-3)21-36(61)50-30(41(64)54-37)19-27-13-15-28(58)16-14-27/h13-16,24-26,29-33,37-38,57-58H,8-12,17-23H2,1-7H3,(H2,47,59)(H2,48,60)(H,49,62)(H,50,61)(H,51,65)(H,52,67)(H,53,63)(H,54,64)(H,55,66)/t25-,26+,29-,30-,31-,32-,33-,37-,38-/m0/s1. The van der Waals surface area contributed by atoms with E-state index in [-0.39, 0.29) is 49.6 Å². The van der Waals surface area contributed by atoms with Gasteiger partial charge in [0, 0.05) is 29.9 Å². The number of phenolic OH excluding ortho intramolecular Hbond substituents is 1. The normalized spacial score (nSPS) is 24.4. The number of hydrogen-bond donors (Lipinski definition) is 11. The molecule has 0 spiro atoms. The molecule has 1 aromatic carbocycles. The number of likely N-dealkylation sites (tertiary alicyclic amines) is 1. The topological polar surface area (TPSA) is 351 Å². The molecule has 0 aliphatic carbocycles. The molecular formula is C46H72N10O12S2. The monoisotopic (exact) mass is 1020 g/mol. The third-order valence-electron chi connectivity index (χ3n) is 12.4. The van der Waals surface area contributed by atoms with Gasteiger partial charge in [0.2, 0.25) is 59.1 Å². The van der Waals surface area contributed by atoms with Crippen LogP contribution in [0.3, 0.4) is 0 Å². The minimum atomic E-state index is -1.75. The molecular weight excluding hydrogens is 949 g/mol. The molecule has 3 rings (SSSR count). The van der Waals surface area contributed by atoms with Gasteiger partial charge in [0.05, 0.1) is 19.1 Å². The van der Waals surface area contributed by atoms with E-state index in [0.717, 1.165) is 10.8 Å². The molecule has 2 aliphatic rings. The molecule has 2 heterocycles. The Labute approximate surface area is 416 Å². The second-order valence-corrected chi connectivity index (χ2v) is 21.2. The number of nitrogens with two attached hydrogens (primary N) is 2. The fraction of sp³-hybridized carbons (Fsp3) is 0.652. The molecule has 0 aromatic heterocycles. The lowest BCUT2D eigenvalue weighted by molar-refractivity contribution is -0.142. The van der Waals surface area contributed by atoms with Crippen LogP contribution < -0.4 is 48.7 Å². The van der Waals surface area contributed by atoms with Crippen LogP contribution in [-0.2, 0) is 54.4 Å². The Morgan fingerprint density at radius 1 is 0.829 bits per heavy atom. The second kappa shape index (κ2) is 27.7. The van der Waals surface area contributed by atoms with E-state index in [4.69, 9.17) is 11.5 Å². The van der Waals surface area contributed by atoms with Gasteiger partial charge < -0.3 is 63.8 Å². The zero-order valence-corrected chi connectivity index (χ0v) is 42.6. The van der Waals surface area contributed by atoms with Crippen molar-refractivity contribution in [3.8, 4) is 5.75 Å². The first kappa shape index (κ1) is 58.7. The van der Waals surface area contributed by atoms with E-state index < -0.39 is 131 Å². The van der Waals surface area contributed by atoms with E-state index in [2.05, 4.69) is 37.2 Å². The average molecular weight is 1020 g/mol. The Morgan fingerprint density at radius 3 is 2.01 bits per heavy atom. The van der Waals surface area contributed by atoms with E-state index in [9.17, 15) is 58.2 Å². The number of aliphatic hydroxyl groups excluding tert-OH is 1. The molecule has 0 unspecified atom stereocenters. The van der Waals surface area contributed by atoms with Crippen LogP contribution in [0.1, 0.15) is 105 Å². The maximum absolute atomic E-state index is 14.7. The summed E-state index contributed by atoms with van der Waals surface area (Å²) in [4.78, 5) is 137. The number of carbonyl (C=O) groups is 10. The first-order chi connectivity index (χ1) is 32.9. The van der Waals surface area contributed by atoms with E-state index in [1.807, 2.05) is 27.7 Å². The Hall–Kier alpha value is -5.62. The van der Waals surface area contributed by atoms with Gasteiger partial charge in [0.1, 0.15) is 48.0 Å². The molecule has 390 valence electrons. The Morgan fingerprint density at radius 2 is 1.44 bits per heavy atom. The predicted octanol–water partition coefficient (Wildman–Crippen LogP) is -0.872. The minimum absolute atomic E-state index is 0.0186. The lowest BCUT2D eigenvalue weighted by atomic mass is 9.95. The Balaban J connectivity index is 2.11. The van der Waals surface area contributed by atoms with Gasteiger partial charge >= 0.3 is 0 Å². The van der Waals surface area contributed by atoms with Gasteiger partial charge in [-0.05, 0) is 68.6 Å². The molecule has 22 nitrogen and oxygen atoms in total. The lowest BCUT2D eigenvalue weighted by Crippen LogP contribution is -2.63. The number of aromatic hydroxyl groups is 1. The molecule has 2 aliphatic heterocycles. The summed E-state index contributed by atoms with van der Waals surface area (Å²) in [5.74, 6) is -8.92. The van der Waals surface area contributed by atoms with Gasteiger partial charge in [-0.3, -0.25) is 47.9 Å². The molecule has 24 heteroatoms. The molecule has 2 fully saturated rings. The van der Waals surface area contributed by atoms with Crippen LogP contribution in [0.2, 0.25) is 0 Å². The van der Waals surface area contributed by atoms with Crippen LogP contribution in [0.5, 0.6) is 5.75 Å². The van der Waals surface area contributed by atoms with Crippen LogP contribution in [0.15, 0.2) is 24.3 Å². The van der Waals surface area contributed by atoms with E-state index >= 15 is 0 Å². The van der Waals surface area contributed by atoms with Gasteiger partial charge in [-0.2, -0.15) is 0 Å². The van der Waals surface area contributed by atoms with Crippen molar-refractivity contribution in [3.05, 3.63) is 29.8 Å². The number of nitrogens with one attached hydrogen (secondary N) is 7. The SMILES string of the molecule is CC[C@H](C)[C@@H]1NC(=O)[C@H](Cc2ccc(O)cc2)NC(=O)CC(CC)(CC)SSC[C@@H](C(=O)N2CCC[C@H]2C(=O)N[C@@H](CC(C)C)C(=O)NCC(N)=O)NC(=O)[C@H](CC(N)=O)NC(=O)[C@H]([C@@H](C)O)NC1=O. The van der Waals surface area contributed by atoms with Crippen LogP contribution in [-0.4, -0.2) is 146 Å². The number of amides is 10. The van der Waals surface area contributed by atoms with Crippen molar-refractivity contribution in [2.24, 2.45) is 23.3 Å². The summed E-state index contributed by atoms with van der Waals surface area (Å²) in [7, 11) is 2.42. The highest BCUT2D eigenvalue weighted by Gasteiger charge is 2.42. The third kappa shape index (κ3) is 17.7. The van der Waals surface area contributed by atoms with E-state index in [1.165, 1.54) is 34.8 Å². The van der Waals surface area contributed by atoms with E-state index in [0.29, 0.717) is 31.2 Å². The fourth-order valence-corrected chi connectivity index (χ4v) is 11.3. The first-order valence-electron chi connectivity index (χ1n) is 23.7. The van der Waals surface area contributed by atoms with Crippen molar-refractivity contribution in [2.75, 3.05) is 18.8 Å². The fourth-order valence-electron chi connectivity index (χ4n) is 7.98. The number of aliphatic hydroxyl groups is 1. The number of benzene rings is 1. The maximum atomic E-state index is 14.7. The smallest absolute Gasteiger partial charge is 0.246 e. The van der Waals surface area contributed by atoms with Crippen LogP contribution in [0, 0.1) is 11.8 Å². The van der Waals surface area contributed by atoms with Crippen molar-refractivity contribution in [1.82, 2.24) is 42.1 Å². The summed E-state index contributed by atoms with van der Waals surface area (Å²) < 4.78 is -0.805. The summed E-state index contributed by atoms with van der Waals surface area (Å²) in [6.07, 6.45) is -0.548. The summed E-state index contributed by atoms with van der Waals surface area (Å²) in [5, 5.41) is 38.9. The number of rotatable bonds is 17. The van der Waals surface area contributed by atoms with Gasteiger partial charge in [-0.1, -0.05) is 81.7 Å². The van der Waals surface area contributed by atoms with Gasteiger partial charge in [-0.25, -0.2) is 0 Å². The van der Waals surface area contributed by atoms with Crippen molar-refractivity contribution in [2.45, 2.75) is 159 Å².